The standard InChI is InChI=1S/C29H25BrN6O4/c1-3-39-24-14-19(13-23(30)27(24)40-17-25(37)33-21-11-9-18(2)10-12-21)16-32-36-29-34-26(20-7-5-4-6-8-20)22(15-31)28(38)35-29/h4-14,16H,3,17H2,1-2H3,(H,33,37)(H2,34,35,36,38). The number of benzene rings is 3. The topological polar surface area (TPSA) is 141 Å². The molecule has 0 saturated heterocycles. The Labute approximate surface area is 238 Å². The van der Waals surface area contributed by atoms with Crippen LogP contribution < -0.4 is 25.8 Å². The largest absolute Gasteiger partial charge is 0.490 e. The highest BCUT2D eigenvalue weighted by atomic mass is 79.9. The van der Waals surface area contributed by atoms with E-state index in [4.69, 9.17) is 9.47 Å². The molecule has 0 bridgehead atoms. The van der Waals surface area contributed by atoms with Crippen molar-refractivity contribution in [3.05, 3.63) is 98.2 Å². The lowest BCUT2D eigenvalue weighted by Gasteiger charge is -2.14. The quantitative estimate of drug-likeness (QED) is 0.167. The Balaban J connectivity index is 1.48. The zero-order chi connectivity index (χ0) is 28.5. The van der Waals surface area contributed by atoms with Gasteiger partial charge in [-0.1, -0.05) is 48.0 Å². The minimum Gasteiger partial charge on any atom is -0.490 e. The van der Waals surface area contributed by atoms with E-state index in [-0.39, 0.29) is 29.7 Å². The molecule has 0 spiro atoms. The first-order valence-electron chi connectivity index (χ1n) is 12.2. The number of H-pyrrole nitrogens is 1. The van der Waals surface area contributed by atoms with E-state index in [2.05, 4.69) is 41.7 Å². The normalized spacial score (nSPS) is 10.7. The molecule has 0 atom stereocenters. The maximum absolute atomic E-state index is 12.4. The van der Waals surface area contributed by atoms with Crippen molar-refractivity contribution in [2.45, 2.75) is 13.8 Å². The molecule has 0 unspecified atom stereocenters. The van der Waals surface area contributed by atoms with E-state index < -0.39 is 5.56 Å². The van der Waals surface area contributed by atoms with Crippen molar-refractivity contribution in [1.82, 2.24) is 9.97 Å². The smallest absolute Gasteiger partial charge is 0.270 e. The van der Waals surface area contributed by atoms with Gasteiger partial charge in [-0.05, 0) is 59.6 Å². The van der Waals surface area contributed by atoms with E-state index in [0.717, 1.165) is 5.56 Å². The van der Waals surface area contributed by atoms with Gasteiger partial charge in [-0.25, -0.2) is 10.4 Å². The lowest BCUT2D eigenvalue weighted by atomic mass is 10.1. The van der Waals surface area contributed by atoms with Gasteiger partial charge in [-0.2, -0.15) is 10.4 Å². The Bertz CT molecular complexity index is 1630. The highest BCUT2D eigenvalue weighted by Gasteiger charge is 2.15. The van der Waals surface area contributed by atoms with Crippen molar-refractivity contribution >= 4 is 39.7 Å². The van der Waals surface area contributed by atoms with Crippen molar-refractivity contribution in [1.29, 1.82) is 5.26 Å². The number of nitrogens with zero attached hydrogens (tertiary/aromatic N) is 3. The van der Waals surface area contributed by atoms with Crippen LogP contribution in [0.1, 0.15) is 23.6 Å². The van der Waals surface area contributed by atoms with E-state index in [0.29, 0.717) is 39.4 Å². The van der Waals surface area contributed by atoms with Gasteiger partial charge in [0.2, 0.25) is 5.95 Å². The average molecular weight is 601 g/mol. The molecule has 202 valence electrons. The van der Waals surface area contributed by atoms with E-state index in [1.54, 1.807) is 36.4 Å². The average Bonchev–Trinajstić information content (AvgIpc) is 2.94. The Hall–Kier alpha value is -4.95. The number of aromatic nitrogens is 2. The minimum atomic E-state index is -0.580. The SMILES string of the molecule is CCOc1cc(C=NNc2nc(-c3ccccc3)c(C#N)c(=O)[nH]2)cc(Br)c1OCC(=O)Nc1ccc(C)cc1. The van der Waals surface area contributed by atoms with Crippen LogP contribution >= 0.6 is 15.9 Å². The van der Waals surface area contributed by atoms with E-state index in [9.17, 15) is 14.9 Å². The summed E-state index contributed by atoms with van der Waals surface area (Å²) < 4.78 is 12.1. The number of hydrogen-bond acceptors (Lipinski definition) is 8. The lowest BCUT2D eigenvalue weighted by molar-refractivity contribution is -0.118. The number of carbonyl (C=O) groups is 1. The zero-order valence-corrected chi connectivity index (χ0v) is 23.3. The number of aromatic amines is 1. The van der Waals surface area contributed by atoms with Crippen LogP contribution in [-0.2, 0) is 4.79 Å². The summed E-state index contributed by atoms with van der Waals surface area (Å²) in [4.78, 5) is 31.7. The molecule has 1 heterocycles. The molecule has 0 aliphatic carbocycles. The molecule has 11 heteroatoms. The van der Waals surface area contributed by atoms with Crippen LogP contribution in [0.3, 0.4) is 0 Å². The maximum atomic E-state index is 12.4. The monoisotopic (exact) mass is 600 g/mol. The molecule has 0 aliphatic rings. The number of hydrogen-bond donors (Lipinski definition) is 3. The first-order chi connectivity index (χ1) is 19.4. The summed E-state index contributed by atoms with van der Waals surface area (Å²) in [6.07, 6.45) is 1.50. The molecule has 0 radical (unpaired) electrons. The fraction of sp³-hybridized carbons (Fsp3) is 0.138. The molecule has 1 amide bonds. The Morgan fingerprint density at radius 2 is 1.90 bits per heavy atom. The van der Waals surface area contributed by atoms with Gasteiger partial charge in [0.15, 0.2) is 18.1 Å². The van der Waals surface area contributed by atoms with Gasteiger partial charge in [-0.3, -0.25) is 14.6 Å². The van der Waals surface area contributed by atoms with Crippen molar-refractivity contribution in [3.63, 3.8) is 0 Å². The maximum Gasteiger partial charge on any atom is 0.270 e. The Morgan fingerprint density at radius 3 is 2.60 bits per heavy atom. The van der Waals surface area contributed by atoms with Crippen molar-refractivity contribution in [3.8, 4) is 28.8 Å². The van der Waals surface area contributed by atoms with Gasteiger partial charge >= 0.3 is 0 Å². The molecule has 40 heavy (non-hydrogen) atoms. The second-order valence-electron chi connectivity index (χ2n) is 8.45. The second-order valence-corrected chi connectivity index (χ2v) is 9.31. The summed E-state index contributed by atoms with van der Waals surface area (Å²) in [6, 6.07) is 21.8. The van der Waals surface area contributed by atoms with Crippen LogP contribution in [0.15, 0.2) is 81.1 Å². The van der Waals surface area contributed by atoms with Gasteiger partial charge in [0.05, 0.1) is 23.0 Å². The zero-order valence-electron chi connectivity index (χ0n) is 21.7. The summed E-state index contributed by atoms with van der Waals surface area (Å²) in [7, 11) is 0. The highest BCUT2D eigenvalue weighted by molar-refractivity contribution is 9.10. The highest BCUT2D eigenvalue weighted by Crippen LogP contribution is 2.36. The van der Waals surface area contributed by atoms with Crippen LogP contribution in [0.25, 0.3) is 11.3 Å². The Morgan fingerprint density at radius 1 is 1.15 bits per heavy atom. The molecule has 0 saturated carbocycles. The van der Waals surface area contributed by atoms with Crippen LogP contribution in [0.4, 0.5) is 11.6 Å². The van der Waals surface area contributed by atoms with E-state index in [1.165, 1.54) is 6.21 Å². The number of halogens is 1. The number of rotatable bonds is 10. The molecule has 0 fully saturated rings. The minimum absolute atomic E-state index is 0.0720. The van der Waals surface area contributed by atoms with Crippen LogP contribution in [0.2, 0.25) is 0 Å². The predicted molar refractivity (Wildman–Crippen MR) is 157 cm³/mol. The summed E-state index contributed by atoms with van der Waals surface area (Å²) in [6.45, 7) is 3.96. The summed E-state index contributed by atoms with van der Waals surface area (Å²) >= 11 is 3.48. The third-order valence-corrected chi connectivity index (χ3v) is 6.07. The van der Waals surface area contributed by atoms with Gasteiger partial charge in [0.1, 0.15) is 11.6 Å². The molecule has 3 N–H and O–H groups in total. The molecule has 4 rings (SSSR count). The van der Waals surface area contributed by atoms with E-state index >= 15 is 0 Å². The lowest BCUT2D eigenvalue weighted by Crippen LogP contribution is -2.20. The van der Waals surface area contributed by atoms with Crippen molar-refractivity contribution in [2.75, 3.05) is 24.0 Å². The molecule has 0 aliphatic heterocycles. The first-order valence-corrected chi connectivity index (χ1v) is 13.0. The Kier molecular flexibility index (Phi) is 9.27. The van der Waals surface area contributed by atoms with Crippen LogP contribution in [0.5, 0.6) is 11.5 Å². The molecule has 4 aromatic rings. The first kappa shape index (κ1) is 28.1. The van der Waals surface area contributed by atoms with Gasteiger partial charge in [0, 0.05) is 11.3 Å². The number of ether oxygens (including phenoxy) is 2. The summed E-state index contributed by atoms with van der Waals surface area (Å²) in [5, 5.41) is 16.4. The third kappa shape index (κ3) is 7.12. The number of amides is 1. The fourth-order valence-electron chi connectivity index (χ4n) is 3.64. The number of nitriles is 1. The molecular weight excluding hydrogens is 576 g/mol. The van der Waals surface area contributed by atoms with Crippen molar-refractivity contribution in [2.24, 2.45) is 5.10 Å². The number of carbonyl (C=O) groups excluding carboxylic acids is 1. The fourth-order valence-corrected chi connectivity index (χ4v) is 4.21. The van der Waals surface area contributed by atoms with Gasteiger partial charge in [-0.15, -0.1) is 0 Å². The van der Waals surface area contributed by atoms with Gasteiger partial charge < -0.3 is 14.8 Å². The summed E-state index contributed by atoms with van der Waals surface area (Å²) in [5.74, 6) is 0.545. The third-order valence-electron chi connectivity index (χ3n) is 5.48. The number of anilines is 2. The molecular formula is C29H25BrN6O4. The van der Waals surface area contributed by atoms with Crippen LogP contribution in [0, 0.1) is 18.3 Å². The van der Waals surface area contributed by atoms with Gasteiger partial charge in [0.25, 0.3) is 11.5 Å². The second kappa shape index (κ2) is 13.2. The summed E-state index contributed by atoms with van der Waals surface area (Å²) in [5.41, 5.74) is 5.32. The number of aryl methyl sites for hydroxylation is 1. The molecule has 3 aromatic carbocycles. The number of hydrazone groups is 1. The van der Waals surface area contributed by atoms with Crippen LogP contribution in [-0.4, -0.2) is 35.3 Å². The van der Waals surface area contributed by atoms with E-state index in [1.807, 2.05) is 50.2 Å². The number of nitrogens with one attached hydrogen (secondary N) is 3. The molecule has 1 aromatic heterocycles. The van der Waals surface area contributed by atoms with Crippen molar-refractivity contribution < 1.29 is 14.3 Å². The predicted octanol–water partition coefficient (Wildman–Crippen LogP) is 5.24. The molecule has 10 nitrogen and oxygen atoms in total.